The average Bonchev–Trinajstić information content (AvgIpc) is 2.87. The Kier molecular flexibility index (Phi) is 3.87. The molecule has 3 rings (SSSR count). The van der Waals surface area contributed by atoms with Crippen molar-refractivity contribution < 1.29 is 5.11 Å². The summed E-state index contributed by atoms with van der Waals surface area (Å²) in [4.78, 5) is 5.03. The van der Waals surface area contributed by atoms with Crippen molar-refractivity contribution in [2.24, 2.45) is 0 Å². The van der Waals surface area contributed by atoms with Crippen LogP contribution in [0.3, 0.4) is 0 Å². The molecule has 2 aliphatic heterocycles. The highest BCUT2D eigenvalue weighted by atomic mass is 16.3. The van der Waals surface area contributed by atoms with Crippen LogP contribution < -0.4 is 0 Å². The zero-order valence-corrected chi connectivity index (χ0v) is 11.8. The second-order valence-electron chi connectivity index (χ2n) is 6.02. The highest BCUT2D eigenvalue weighted by molar-refractivity contribution is 5.23. The minimum absolute atomic E-state index is 0.353. The van der Waals surface area contributed by atoms with Crippen LogP contribution in [0.15, 0.2) is 24.3 Å². The minimum atomic E-state index is -0.353. The summed E-state index contributed by atoms with van der Waals surface area (Å²) in [6, 6.07) is 8.98. The van der Waals surface area contributed by atoms with Crippen molar-refractivity contribution >= 4 is 0 Å². The predicted octanol–water partition coefficient (Wildman–Crippen LogP) is 1.81. The van der Waals surface area contributed by atoms with Gasteiger partial charge in [-0.15, -0.1) is 0 Å². The molecule has 0 saturated carbocycles. The number of aryl methyl sites for hydroxylation is 1. The van der Waals surface area contributed by atoms with Crippen molar-refractivity contribution in [3.8, 4) is 0 Å². The number of aliphatic hydroxyl groups is 1. The van der Waals surface area contributed by atoms with Gasteiger partial charge < -0.3 is 5.11 Å². The molecule has 0 spiro atoms. The van der Waals surface area contributed by atoms with Crippen LogP contribution in [-0.2, 0) is 0 Å². The van der Waals surface area contributed by atoms with Gasteiger partial charge in [0.15, 0.2) is 0 Å². The number of piperazine rings is 1. The molecule has 0 amide bonds. The molecule has 1 aromatic carbocycles. The van der Waals surface area contributed by atoms with Crippen molar-refractivity contribution in [1.29, 1.82) is 0 Å². The molecule has 0 radical (unpaired) electrons. The van der Waals surface area contributed by atoms with E-state index in [1.807, 2.05) is 12.1 Å². The average molecular weight is 260 g/mol. The van der Waals surface area contributed by atoms with Gasteiger partial charge in [0.25, 0.3) is 0 Å². The first-order valence-corrected chi connectivity index (χ1v) is 7.43. The van der Waals surface area contributed by atoms with Crippen LogP contribution in [0.2, 0.25) is 0 Å². The van der Waals surface area contributed by atoms with Gasteiger partial charge in [-0.1, -0.05) is 29.8 Å². The van der Waals surface area contributed by atoms with Gasteiger partial charge in [0.2, 0.25) is 0 Å². The van der Waals surface area contributed by atoms with E-state index in [-0.39, 0.29) is 6.10 Å². The number of hydrogen-bond donors (Lipinski definition) is 1. The molecule has 0 aromatic heterocycles. The quantitative estimate of drug-likeness (QED) is 0.898. The van der Waals surface area contributed by atoms with Gasteiger partial charge in [-0.3, -0.25) is 9.80 Å². The molecule has 2 aliphatic rings. The van der Waals surface area contributed by atoms with Gasteiger partial charge in [-0.05, 0) is 31.9 Å². The van der Waals surface area contributed by atoms with Gasteiger partial charge in [0.1, 0.15) is 0 Å². The van der Waals surface area contributed by atoms with E-state index < -0.39 is 0 Å². The molecule has 3 nitrogen and oxygen atoms in total. The molecule has 19 heavy (non-hydrogen) atoms. The highest BCUT2D eigenvalue weighted by Crippen LogP contribution is 2.23. The molecule has 3 heteroatoms. The number of nitrogens with zero attached hydrogens (tertiary/aromatic N) is 2. The molecule has 2 fully saturated rings. The van der Waals surface area contributed by atoms with Crippen molar-refractivity contribution in [3.05, 3.63) is 35.4 Å². The molecule has 104 valence electrons. The summed E-state index contributed by atoms with van der Waals surface area (Å²) in [7, 11) is 0. The van der Waals surface area contributed by atoms with Gasteiger partial charge in [0, 0.05) is 32.2 Å². The maximum Gasteiger partial charge on any atom is 0.0916 e. The number of fused-ring (bicyclic) bond motifs is 1. The molecule has 0 bridgehead atoms. The van der Waals surface area contributed by atoms with E-state index in [0.29, 0.717) is 0 Å². The van der Waals surface area contributed by atoms with Crippen molar-refractivity contribution in [2.45, 2.75) is 31.9 Å². The van der Waals surface area contributed by atoms with Crippen LogP contribution in [0.1, 0.15) is 30.1 Å². The Balaban J connectivity index is 1.57. The summed E-state index contributed by atoms with van der Waals surface area (Å²) in [5, 5.41) is 10.3. The van der Waals surface area contributed by atoms with E-state index in [1.54, 1.807) is 0 Å². The number of benzene rings is 1. The van der Waals surface area contributed by atoms with Crippen molar-refractivity contribution in [2.75, 3.05) is 32.7 Å². The molecule has 2 atom stereocenters. The molecule has 2 heterocycles. The fraction of sp³-hybridized carbons (Fsp3) is 0.625. The number of hydrogen-bond acceptors (Lipinski definition) is 3. The first kappa shape index (κ1) is 13.1. The van der Waals surface area contributed by atoms with Crippen LogP contribution in [0.4, 0.5) is 0 Å². The fourth-order valence-corrected chi connectivity index (χ4v) is 3.36. The van der Waals surface area contributed by atoms with Gasteiger partial charge in [-0.2, -0.15) is 0 Å². The van der Waals surface area contributed by atoms with Gasteiger partial charge in [0.05, 0.1) is 6.10 Å². The standard InChI is InChI=1S/C16H24N2O/c1-13-4-6-14(7-5-13)16(19)12-17-9-10-18-8-2-3-15(18)11-17/h4-7,15-16,19H,2-3,8-12H2,1H3. The van der Waals surface area contributed by atoms with E-state index in [9.17, 15) is 5.11 Å². The lowest BCUT2D eigenvalue weighted by atomic mass is 10.1. The fourth-order valence-electron chi connectivity index (χ4n) is 3.36. The lowest BCUT2D eigenvalue weighted by Crippen LogP contribution is -2.50. The third-order valence-corrected chi connectivity index (χ3v) is 4.56. The maximum atomic E-state index is 10.3. The van der Waals surface area contributed by atoms with Crippen LogP contribution in [-0.4, -0.2) is 53.7 Å². The van der Waals surface area contributed by atoms with E-state index >= 15 is 0 Å². The number of aliphatic hydroxyl groups excluding tert-OH is 1. The Morgan fingerprint density at radius 1 is 1.21 bits per heavy atom. The predicted molar refractivity (Wildman–Crippen MR) is 77.2 cm³/mol. The van der Waals surface area contributed by atoms with E-state index in [4.69, 9.17) is 0 Å². The summed E-state index contributed by atoms with van der Waals surface area (Å²) in [5.41, 5.74) is 2.29. The largest absolute Gasteiger partial charge is 0.387 e. The Labute approximate surface area is 115 Å². The third kappa shape index (κ3) is 2.99. The monoisotopic (exact) mass is 260 g/mol. The number of rotatable bonds is 3. The van der Waals surface area contributed by atoms with Crippen LogP contribution in [0, 0.1) is 6.92 Å². The molecule has 1 aromatic rings. The third-order valence-electron chi connectivity index (χ3n) is 4.56. The van der Waals surface area contributed by atoms with E-state index in [2.05, 4.69) is 28.9 Å². The van der Waals surface area contributed by atoms with Crippen LogP contribution >= 0.6 is 0 Å². The van der Waals surface area contributed by atoms with Crippen LogP contribution in [0.5, 0.6) is 0 Å². The SMILES string of the molecule is Cc1ccc(C(O)CN2CCN3CCCC3C2)cc1. The Morgan fingerprint density at radius 2 is 2.00 bits per heavy atom. The Hall–Kier alpha value is -0.900. The molecular weight excluding hydrogens is 236 g/mol. The Bertz CT molecular complexity index is 417. The van der Waals surface area contributed by atoms with Gasteiger partial charge >= 0.3 is 0 Å². The minimum Gasteiger partial charge on any atom is -0.387 e. The summed E-state index contributed by atoms with van der Waals surface area (Å²) in [6.45, 7) is 7.52. The lowest BCUT2D eigenvalue weighted by molar-refractivity contribution is 0.0566. The Morgan fingerprint density at radius 3 is 2.79 bits per heavy atom. The van der Waals surface area contributed by atoms with Crippen LogP contribution in [0.25, 0.3) is 0 Å². The maximum absolute atomic E-state index is 10.3. The molecule has 2 unspecified atom stereocenters. The zero-order valence-electron chi connectivity index (χ0n) is 11.8. The smallest absolute Gasteiger partial charge is 0.0916 e. The molecule has 2 saturated heterocycles. The van der Waals surface area contributed by atoms with E-state index in [1.165, 1.54) is 31.5 Å². The topological polar surface area (TPSA) is 26.7 Å². The van der Waals surface area contributed by atoms with Gasteiger partial charge in [-0.25, -0.2) is 0 Å². The van der Waals surface area contributed by atoms with E-state index in [0.717, 1.165) is 31.2 Å². The zero-order chi connectivity index (χ0) is 13.2. The molecule has 0 aliphatic carbocycles. The first-order valence-electron chi connectivity index (χ1n) is 7.43. The lowest BCUT2D eigenvalue weighted by Gasteiger charge is -2.38. The second-order valence-corrected chi connectivity index (χ2v) is 6.02. The summed E-state index contributed by atoms with van der Waals surface area (Å²) in [5.74, 6) is 0. The summed E-state index contributed by atoms with van der Waals surface area (Å²) in [6.07, 6.45) is 2.32. The van der Waals surface area contributed by atoms with Crippen molar-refractivity contribution in [3.63, 3.8) is 0 Å². The van der Waals surface area contributed by atoms with Crippen molar-refractivity contribution in [1.82, 2.24) is 9.80 Å². The molecular formula is C16H24N2O. The summed E-state index contributed by atoms with van der Waals surface area (Å²) >= 11 is 0. The summed E-state index contributed by atoms with van der Waals surface area (Å²) < 4.78 is 0. The highest BCUT2D eigenvalue weighted by Gasteiger charge is 2.31. The second kappa shape index (κ2) is 5.61. The first-order chi connectivity index (χ1) is 9.22. The normalized spacial score (nSPS) is 26.3. The molecule has 1 N–H and O–H groups in total. The number of β-amino-alcohol motifs (C(OH)–C–C–N with tert-alkyl or cyclic N) is 1.